The number of nitrogens with zero attached hydrogens (tertiary/aromatic N) is 3. The molecule has 0 radical (unpaired) electrons. The number of nitro groups is 1. The van der Waals surface area contributed by atoms with Gasteiger partial charge in [-0.25, -0.2) is 9.97 Å². The molecular weight excluding hydrogens is 348 g/mol. The predicted octanol–water partition coefficient (Wildman–Crippen LogP) is 4.07. The highest BCUT2D eigenvalue weighted by Gasteiger charge is 2.15. The van der Waals surface area contributed by atoms with Crippen molar-refractivity contribution in [2.75, 3.05) is 5.32 Å². The number of aromatic nitrogens is 2. The first-order valence-corrected chi connectivity index (χ1v) is 8.45. The second kappa shape index (κ2) is 5.62. The van der Waals surface area contributed by atoms with Crippen molar-refractivity contribution < 1.29 is 9.72 Å². The Morgan fingerprint density at radius 2 is 1.83 bits per heavy atom. The Hall–Kier alpha value is -2.91. The van der Waals surface area contributed by atoms with Crippen molar-refractivity contribution in [3.8, 4) is 0 Å². The summed E-state index contributed by atoms with van der Waals surface area (Å²) >= 11 is 2.56. The van der Waals surface area contributed by atoms with Crippen LogP contribution in [0.25, 0.3) is 20.4 Å². The number of benzene rings is 2. The molecule has 0 aliphatic rings. The molecule has 1 amide bonds. The first-order chi connectivity index (χ1) is 11.6. The normalized spacial score (nSPS) is 11.0. The van der Waals surface area contributed by atoms with Crippen molar-refractivity contribution in [3.05, 3.63) is 57.6 Å². The number of para-hydroxylation sites is 1. The van der Waals surface area contributed by atoms with Crippen molar-refractivity contribution in [1.29, 1.82) is 0 Å². The molecule has 1 N–H and O–H groups in total. The number of rotatable bonds is 3. The Kier molecular flexibility index (Phi) is 3.44. The number of carbonyl (C=O) groups is 1. The summed E-state index contributed by atoms with van der Waals surface area (Å²) in [6, 6.07) is 11.9. The zero-order valence-corrected chi connectivity index (χ0v) is 13.6. The van der Waals surface area contributed by atoms with E-state index in [1.165, 1.54) is 34.8 Å². The quantitative estimate of drug-likeness (QED) is 0.441. The number of non-ortho nitro benzene ring substituents is 1. The highest BCUT2D eigenvalue weighted by Crippen LogP contribution is 2.29. The van der Waals surface area contributed by atoms with Gasteiger partial charge in [0.1, 0.15) is 0 Å². The molecule has 2 aromatic carbocycles. The first-order valence-electron chi connectivity index (χ1n) is 6.82. The summed E-state index contributed by atoms with van der Waals surface area (Å²) in [5, 5.41) is 14.2. The van der Waals surface area contributed by atoms with Crippen LogP contribution in [0, 0.1) is 10.1 Å². The minimum atomic E-state index is -0.474. The second-order valence-corrected chi connectivity index (χ2v) is 6.93. The third kappa shape index (κ3) is 2.59. The summed E-state index contributed by atoms with van der Waals surface area (Å²) in [4.78, 5) is 31.2. The summed E-state index contributed by atoms with van der Waals surface area (Å²) in [5.41, 5.74) is 1.22. The standard InChI is InChI=1S/C15H8N4O3S2/c20-13(14-16-9-3-1-2-4-11(9)23-14)18-15-17-10-7-8(19(21)22)5-6-12(10)24-15/h1-7H,(H,17,18,20). The maximum atomic E-state index is 12.3. The Labute approximate surface area is 142 Å². The number of carbonyl (C=O) groups excluding carboxylic acids is 1. The van der Waals surface area contributed by atoms with Gasteiger partial charge in [0.25, 0.3) is 11.6 Å². The average molecular weight is 356 g/mol. The number of hydrogen-bond donors (Lipinski definition) is 1. The van der Waals surface area contributed by atoms with E-state index in [9.17, 15) is 14.9 Å². The number of hydrogen-bond acceptors (Lipinski definition) is 7. The lowest BCUT2D eigenvalue weighted by molar-refractivity contribution is -0.384. The monoisotopic (exact) mass is 356 g/mol. The molecular formula is C15H8N4O3S2. The van der Waals surface area contributed by atoms with Gasteiger partial charge in [0, 0.05) is 12.1 Å². The van der Waals surface area contributed by atoms with E-state index >= 15 is 0 Å². The van der Waals surface area contributed by atoms with Crippen molar-refractivity contribution in [3.63, 3.8) is 0 Å². The minimum absolute atomic E-state index is 0.0307. The summed E-state index contributed by atoms with van der Waals surface area (Å²) in [7, 11) is 0. The zero-order valence-electron chi connectivity index (χ0n) is 11.9. The van der Waals surface area contributed by atoms with Gasteiger partial charge in [0.2, 0.25) is 0 Å². The molecule has 0 atom stereocenters. The molecule has 0 unspecified atom stereocenters. The van der Waals surface area contributed by atoms with Crippen molar-refractivity contribution in [2.24, 2.45) is 0 Å². The molecule has 0 saturated heterocycles. The Morgan fingerprint density at radius 3 is 2.62 bits per heavy atom. The highest BCUT2D eigenvalue weighted by molar-refractivity contribution is 7.22. The number of amides is 1. The molecule has 4 aromatic rings. The van der Waals surface area contributed by atoms with Crippen LogP contribution in [0.15, 0.2) is 42.5 Å². The van der Waals surface area contributed by atoms with Gasteiger partial charge in [-0.05, 0) is 18.2 Å². The van der Waals surface area contributed by atoms with E-state index in [-0.39, 0.29) is 11.6 Å². The van der Waals surface area contributed by atoms with Crippen LogP contribution in [0.1, 0.15) is 9.80 Å². The molecule has 0 bridgehead atoms. The summed E-state index contributed by atoms with van der Waals surface area (Å²) in [5.74, 6) is -0.343. The fourth-order valence-electron chi connectivity index (χ4n) is 2.20. The third-order valence-electron chi connectivity index (χ3n) is 3.29. The van der Waals surface area contributed by atoms with Gasteiger partial charge >= 0.3 is 0 Å². The maximum absolute atomic E-state index is 12.3. The van der Waals surface area contributed by atoms with E-state index in [1.807, 2.05) is 24.3 Å². The molecule has 7 nitrogen and oxygen atoms in total. The SMILES string of the molecule is O=C(Nc1nc2cc([N+](=O)[O-])ccc2s1)c1nc2ccccc2s1. The van der Waals surface area contributed by atoms with E-state index in [0.717, 1.165) is 14.9 Å². The maximum Gasteiger partial charge on any atom is 0.286 e. The van der Waals surface area contributed by atoms with Crippen molar-refractivity contribution in [2.45, 2.75) is 0 Å². The zero-order chi connectivity index (χ0) is 16.7. The largest absolute Gasteiger partial charge is 0.296 e. The van der Waals surface area contributed by atoms with Crippen LogP contribution in [0.5, 0.6) is 0 Å². The lowest BCUT2D eigenvalue weighted by Gasteiger charge is -1.95. The molecule has 2 heterocycles. The van der Waals surface area contributed by atoms with Crippen molar-refractivity contribution >= 4 is 59.8 Å². The Morgan fingerprint density at radius 1 is 1.04 bits per heavy atom. The number of nitrogens with one attached hydrogen (secondary N) is 1. The van der Waals surface area contributed by atoms with Gasteiger partial charge in [0.05, 0.1) is 25.4 Å². The predicted molar refractivity (Wildman–Crippen MR) is 93.8 cm³/mol. The fraction of sp³-hybridized carbons (Fsp3) is 0. The molecule has 24 heavy (non-hydrogen) atoms. The molecule has 4 rings (SSSR count). The molecule has 118 valence electrons. The van der Waals surface area contributed by atoms with Gasteiger partial charge in [-0.15, -0.1) is 11.3 Å². The summed E-state index contributed by atoms with van der Waals surface area (Å²) in [6.07, 6.45) is 0. The number of anilines is 1. The average Bonchev–Trinajstić information content (AvgIpc) is 3.17. The summed E-state index contributed by atoms with van der Waals surface area (Å²) in [6.45, 7) is 0. The minimum Gasteiger partial charge on any atom is -0.296 e. The van der Waals surface area contributed by atoms with Crippen LogP contribution in [0.2, 0.25) is 0 Å². The molecule has 0 aliphatic heterocycles. The van der Waals surface area contributed by atoms with E-state index in [2.05, 4.69) is 15.3 Å². The third-order valence-corrected chi connectivity index (χ3v) is 5.28. The molecule has 0 saturated carbocycles. The van der Waals surface area contributed by atoms with Gasteiger partial charge in [0.15, 0.2) is 10.1 Å². The van der Waals surface area contributed by atoms with Crippen LogP contribution in [0.4, 0.5) is 10.8 Å². The van der Waals surface area contributed by atoms with E-state index in [1.54, 1.807) is 6.07 Å². The van der Waals surface area contributed by atoms with Gasteiger partial charge in [-0.2, -0.15) is 0 Å². The van der Waals surface area contributed by atoms with Crippen LogP contribution in [-0.4, -0.2) is 20.8 Å². The fourth-order valence-corrected chi connectivity index (χ4v) is 3.90. The van der Waals surface area contributed by atoms with Gasteiger partial charge < -0.3 is 0 Å². The number of thiazole rings is 2. The smallest absolute Gasteiger partial charge is 0.286 e. The number of nitro benzene ring substituents is 1. The Bertz CT molecular complexity index is 1070. The van der Waals surface area contributed by atoms with Crippen LogP contribution < -0.4 is 5.32 Å². The molecule has 0 fully saturated rings. The topological polar surface area (TPSA) is 98.0 Å². The molecule has 0 spiro atoms. The van der Waals surface area contributed by atoms with Gasteiger partial charge in [-0.3, -0.25) is 20.2 Å². The first kappa shape index (κ1) is 14.7. The second-order valence-electron chi connectivity index (χ2n) is 4.87. The highest BCUT2D eigenvalue weighted by atomic mass is 32.1. The van der Waals surface area contributed by atoms with Crippen LogP contribution in [-0.2, 0) is 0 Å². The molecule has 2 aromatic heterocycles. The number of fused-ring (bicyclic) bond motifs is 2. The molecule has 0 aliphatic carbocycles. The molecule has 9 heteroatoms. The van der Waals surface area contributed by atoms with Crippen LogP contribution >= 0.6 is 22.7 Å². The van der Waals surface area contributed by atoms with E-state index in [4.69, 9.17) is 0 Å². The van der Waals surface area contributed by atoms with Gasteiger partial charge in [-0.1, -0.05) is 23.5 Å². The van der Waals surface area contributed by atoms with E-state index < -0.39 is 4.92 Å². The van der Waals surface area contributed by atoms with Crippen molar-refractivity contribution in [1.82, 2.24) is 9.97 Å². The lowest BCUT2D eigenvalue weighted by Crippen LogP contribution is -2.10. The Balaban J connectivity index is 1.63. The lowest BCUT2D eigenvalue weighted by atomic mass is 10.3. The summed E-state index contributed by atoms with van der Waals surface area (Å²) < 4.78 is 1.70. The van der Waals surface area contributed by atoms with E-state index in [0.29, 0.717) is 15.7 Å². The van der Waals surface area contributed by atoms with Crippen LogP contribution in [0.3, 0.4) is 0 Å².